The first-order chi connectivity index (χ1) is 6.18. The molecule has 0 aliphatic carbocycles. The van der Waals surface area contributed by atoms with Gasteiger partial charge in [0.15, 0.2) is 11.5 Å². The van der Waals surface area contributed by atoms with Crippen LogP contribution in [0.2, 0.25) is 0 Å². The van der Waals surface area contributed by atoms with Crippen LogP contribution in [0.3, 0.4) is 0 Å². The molecule has 0 saturated heterocycles. The number of hydrogen-bond donors (Lipinski definition) is 3. The van der Waals surface area contributed by atoms with Gasteiger partial charge in [-0.1, -0.05) is 6.07 Å². The highest BCUT2D eigenvalue weighted by molar-refractivity contribution is 5.92. The van der Waals surface area contributed by atoms with Crippen molar-refractivity contribution in [1.29, 1.82) is 0 Å². The van der Waals surface area contributed by atoms with Crippen molar-refractivity contribution in [3.63, 3.8) is 0 Å². The molecule has 0 atom stereocenters. The number of nitrogen functional groups attached to an aromatic ring is 1. The van der Waals surface area contributed by atoms with Crippen LogP contribution in [-0.2, 0) is 0 Å². The summed E-state index contributed by atoms with van der Waals surface area (Å²) in [6.07, 6.45) is 0. The second-order valence-electron chi connectivity index (χ2n) is 2.91. The van der Waals surface area contributed by atoms with Crippen molar-refractivity contribution in [2.75, 3.05) is 5.73 Å². The van der Waals surface area contributed by atoms with Gasteiger partial charge in [-0.15, -0.1) is 12.4 Å². The highest BCUT2D eigenvalue weighted by Crippen LogP contribution is 2.33. The number of hydrogen-bond acceptors (Lipinski definition) is 3. The third kappa shape index (κ3) is 1.54. The van der Waals surface area contributed by atoms with E-state index in [0.717, 1.165) is 5.39 Å². The molecule has 0 aromatic heterocycles. The van der Waals surface area contributed by atoms with Crippen LogP contribution in [0.15, 0.2) is 30.3 Å². The highest BCUT2D eigenvalue weighted by atomic mass is 35.5. The van der Waals surface area contributed by atoms with Gasteiger partial charge in [0, 0.05) is 11.1 Å². The number of phenols is 2. The van der Waals surface area contributed by atoms with E-state index in [4.69, 9.17) is 5.73 Å². The smallest absolute Gasteiger partial charge is 0.165 e. The molecule has 14 heavy (non-hydrogen) atoms. The summed E-state index contributed by atoms with van der Waals surface area (Å²) in [5.74, 6) is -0.213. The SMILES string of the molecule is Cl.Nc1ccc2c(O)c(O)ccc2c1. The van der Waals surface area contributed by atoms with Gasteiger partial charge in [-0.25, -0.2) is 0 Å². The lowest BCUT2D eigenvalue weighted by Crippen LogP contribution is -1.83. The fourth-order valence-corrected chi connectivity index (χ4v) is 1.32. The maximum atomic E-state index is 9.46. The summed E-state index contributed by atoms with van der Waals surface area (Å²) in [6.45, 7) is 0. The molecule has 0 fully saturated rings. The normalized spacial score (nSPS) is 9.71. The molecule has 0 bridgehead atoms. The Hall–Kier alpha value is -1.61. The number of nitrogens with two attached hydrogens (primary N) is 1. The molecule has 0 saturated carbocycles. The molecule has 0 aliphatic rings. The quantitative estimate of drug-likeness (QED) is 0.463. The molecule has 0 unspecified atom stereocenters. The van der Waals surface area contributed by atoms with Crippen molar-refractivity contribution < 1.29 is 10.2 Å². The standard InChI is InChI=1S/C10H9NO2.ClH/c11-7-2-3-8-6(5-7)1-4-9(12)10(8)13;/h1-5,12-13H,11H2;1H. The average molecular weight is 212 g/mol. The Morgan fingerprint density at radius 2 is 1.71 bits per heavy atom. The summed E-state index contributed by atoms with van der Waals surface area (Å²) >= 11 is 0. The number of phenolic OH excluding ortho intramolecular Hbond substituents is 2. The average Bonchev–Trinajstić information content (AvgIpc) is 2.12. The molecule has 0 aliphatic heterocycles. The van der Waals surface area contributed by atoms with Gasteiger partial charge in [0.2, 0.25) is 0 Å². The molecule has 0 radical (unpaired) electrons. The topological polar surface area (TPSA) is 66.5 Å². The van der Waals surface area contributed by atoms with E-state index in [1.165, 1.54) is 6.07 Å². The second-order valence-corrected chi connectivity index (χ2v) is 2.91. The van der Waals surface area contributed by atoms with E-state index < -0.39 is 0 Å². The van der Waals surface area contributed by atoms with Crippen molar-refractivity contribution in [1.82, 2.24) is 0 Å². The summed E-state index contributed by atoms with van der Waals surface area (Å²) < 4.78 is 0. The van der Waals surface area contributed by atoms with Crippen LogP contribution in [0.1, 0.15) is 0 Å². The summed E-state index contributed by atoms with van der Waals surface area (Å²) in [6, 6.07) is 8.26. The fourth-order valence-electron chi connectivity index (χ4n) is 1.32. The summed E-state index contributed by atoms with van der Waals surface area (Å²) in [5.41, 5.74) is 6.20. The summed E-state index contributed by atoms with van der Waals surface area (Å²) in [7, 11) is 0. The van der Waals surface area contributed by atoms with Crippen LogP contribution in [0.25, 0.3) is 10.8 Å². The predicted octanol–water partition coefficient (Wildman–Crippen LogP) is 2.26. The largest absolute Gasteiger partial charge is 0.504 e. The van der Waals surface area contributed by atoms with E-state index in [1.54, 1.807) is 24.3 Å². The summed E-state index contributed by atoms with van der Waals surface area (Å²) in [4.78, 5) is 0. The van der Waals surface area contributed by atoms with Gasteiger partial charge in [-0.3, -0.25) is 0 Å². The minimum Gasteiger partial charge on any atom is -0.504 e. The molecule has 74 valence electrons. The van der Waals surface area contributed by atoms with E-state index in [2.05, 4.69) is 0 Å². The van der Waals surface area contributed by atoms with Crippen molar-refractivity contribution in [2.24, 2.45) is 0 Å². The Bertz CT molecular complexity index is 471. The molecular formula is C10H10ClNO2. The van der Waals surface area contributed by atoms with Crippen molar-refractivity contribution in [3.05, 3.63) is 30.3 Å². The molecule has 4 heteroatoms. The number of fused-ring (bicyclic) bond motifs is 1. The Morgan fingerprint density at radius 1 is 1.00 bits per heavy atom. The van der Waals surface area contributed by atoms with Gasteiger partial charge < -0.3 is 15.9 Å². The number of benzene rings is 2. The van der Waals surface area contributed by atoms with Crippen LogP contribution in [0, 0.1) is 0 Å². The molecule has 2 aromatic carbocycles. The minimum absolute atomic E-state index is 0. The zero-order valence-corrected chi connectivity index (χ0v) is 8.08. The van der Waals surface area contributed by atoms with Gasteiger partial charge in [-0.2, -0.15) is 0 Å². The Balaban J connectivity index is 0.000000980. The fraction of sp³-hybridized carbons (Fsp3) is 0. The number of aromatic hydroxyl groups is 2. The number of halogens is 1. The van der Waals surface area contributed by atoms with Crippen molar-refractivity contribution >= 4 is 28.9 Å². The maximum Gasteiger partial charge on any atom is 0.165 e. The van der Waals surface area contributed by atoms with Crippen LogP contribution in [0.4, 0.5) is 5.69 Å². The molecule has 0 spiro atoms. The maximum absolute atomic E-state index is 9.46. The van der Waals surface area contributed by atoms with Gasteiger partial charge in [-0.05, 0) is 29.7 Å². The van der Waals surface area contributed by atoms with Gasteiger partial charge in [0.25, 0.3) is 0 Å². The number of rotatable bonds is 0. The van der Waals surface area contributed by atoms with E-state index in [1.807, 2.05) is 0 Å². The molecule has 0 amide bonds. The van der Waals surface area contributed by atoms with Gasteiger partial charge in [0.1, 0.15) is 0 Å². The number of anilines is 1. The zero-order valence-electron chi connectivity index (χ0n) is 7.27. The Morgan fingerprint density at radius 3 is 2.43 bits per heavy atom. The lowest BCUT2D eigenvalue weighted by Gasteiger charge is -2.03. The first-order valence-electron chi connectivity index (χ1n) is 3.88. The van der Waals surface area contributed by atoms with Crippen molar-refractivity contribution in [3.8, 4) is 11.5 Å². The molecule has 0 heterocycles. The molecular weight excluding hydrogens is 202 g/mol. The lowest BCUT2D eigenvalue weighted by molar-refractivity contribution is 0.408. The second kappa shape index (κ2) is 3.64. The Kier molecular flexibility index (Phi) is 2.72. The molecule has 4 N–H and O–H groups in total. The molecule has 3 nitrogen and oxygen atoms in total. The van der Waals surface area contributed by atoms with Crippen LogP contribution < -0.4 is 5.73 Å². The first-order valence-corrected chi connectivity index (χ1v) is 3.88. The first kappa shape index (κ1) is 10.5. The van der Waals surface area contributed by atoms with E-state index in [0.29, 0.717) is 11.1 Å². The van der Waals surface area contributed by atoms with Crippen LogP contribution in [0.5, 0.6) is 11.5 Å². The minimum atomic E-state index is -0.114. The van der Waals surface area contributed by atoms with E-state index >= 15 is 0 Å². The third-order valence-electron chi connectivity index (χ3n) is 1.99. The monoisotopic (exact) mass is 211 g/mol. The van der Waals surface area contributed by atoms with E-state index in [-0.39, 0.29) is 23.9 Å². The highest BCUT2D eigenvalue weighted by Gasteiger charge is 2.04. The van der Waals surface area contributed by atoms with Crippen LogP contribution >= 0.6 is 12.4 Å². The predicted molar refractivity (Wildman–Crippen MR) is 58.9 cm³/mol. The van der Waals surface area contributed by atoms with Crippen molar-refractivity contribution in [2.45, 2.75) is 0 Å². The van der Waals surface area contributed by atoms with E-state index in [9.17, 15) is 10.2 Å². The Labute approximate surface area is 87.2 Å². The summed E-state index contributed by atoms with van der Waals surface area (Å²) in [5, 5.41) is 20.1. The zero-order chi connectivity index (χ0) is 9.42. The van der Waals surface area contributed by atoms with Gasteiger partial charge >= 0.3 is 0 Å². The molecule has 2 rings (SSSR count). The van der Waals surface area contributed by atoms with Gasteiger partial charge in [0.05, 0.1) is 0 Å². The van der Waals surface area contributed by atoms with Crippen LogP contribution in [-0.4, -0.2) is 10.2 Å². The third-order valence-corrected chi connectivity index (χ3v) is 1.99. The lowest BCUT2D eigenvalue weighted by atomic mass is 10.1. The molecule has 2 aromatic rings.